The normalized spacial score (nSPS) is 10.2. The van der Waals surface area contributed by atoms with Gasteiger partial charge in [-0.2, -0.15) is 0 Å². The summed E-state index contributed by atoms with van der Waals surface area (Å²) in [6, 6.07) is 10.3. The molecule has 5 nitrogen and oxygen atoms in total. The number of rotatable bonds is 6. The summed E-state index contributed by atoms with van der Waals surface area (Å²) in [7, 11) is 0. The second-order valence-corrected chi connectivity index (χ2v) is 5.55. The molecule has 0 aliphatic heterocycles. The van der Waals surface area contributed by atoms with Crippen LogP contribution in [-0.2, 0) is 11.2 Å². The Balaban J connectivity index is 1.71. The van der Waals surface area contributed by atoms with Crippen LogP contribution >= 0.6 is 23.2 Å². The highest BCUT2D eigenvalue weighted by Gasteiger charge is 2.10. The highest BCUT2D eigenvalue weighted by Crippen LogP contribution is 2.11. The molecule has 0 unspecified atom stereocenters. The molecule has 1 aromatic carbocycles. The van der Waals surface area contributed by atoms with Gasteiger partial charge in [0.15, 0.2) is 0 Å². The van der Waals surface area contributed by atoms with Crippen molar-refractivity contribution in [2.45, 2.75) is 6.42 Å². The van der Waals surface area contributed by atoms with Crippen LogP contribution in [0.5, 0.6) is 0 Å². The van der Waals surface area contributed by atoms with E-state index in [-0.39, 0.29) is 23.4 Å². The number of hydrogen-bond acceptors (Lipinski definition) is 3. The average Bonchev–Trinajstić information content (AvgIpc) is 2.54. The van der Waals surface area contributed by atoms with Gasteiger partial charge >= 0.3 is 0 Å². The molecule has 0 aliphatic rings. The number of carbonyl (C=O) groups is 2. The van der Waals surface area contributed by atoms with Crippen molar-refractivity contribution < 1.29 is 9.59 Å². The maximum absolute atomic E-state index is 11.9. The van der Waals surface area contributed by atoms with Gasteiger partial charge in [-0.05, 0) is 29.8 Å². The van der Waals surface area contributed by atoms with Crippen molar-refractivity contribution in [3.63, 3.8) is 0 Å². The number of nitrogens with zero attached hydrogens (tertiary/aromatic N) is 1. The van der Waals surface area contributed by atoms with Gasteiger partial charge in [-0.25, -0.2) is 4.98 Å². The van der Waals surface area contributed by atoms with Gasteiger partial charge in [0.1, 0.15) is 5.15 Å². The number of pyridine rings is 1. The van der Waals surface area contributed by atoms with E-state index in [4.69, 9.17) is 23.2 Å². The molecule has 0 aliphatic carbocycles. The molecule has 0 fully saturated rings. The second-order valence-electron chi connectivity index (χ2n) is 4.75. The summed E-state index contributed by atoms with van der Waals surface area (Å²) in [5, 5.41) is 6.18. The van der Waals surface area contributed by atoms with Gasteiger partial charge in [-0.1, -0.05) is 35.3 Å². The van der Waals surface area contributed by atoms with Crippen molar-refractivity contribution >= 4 is 35.0 Å². The van der Waals surface area contributed by atoms with Crippen LogP contribution in [0.15, 0.2) is 42.6 Å². The monoisotopic (exact) mass is 351 g/mol. The lowest BCUT2D eigenvalue weighted by Crippen LogP contribution is -2.35. The number of halogens is 2. The predicted molar refractivity (Wildman–Crippen MR) is 89.7 cm³/mol. The molecular weight excluding hydrogens is 337 g/mol. The Morgan fingerprint density at radius 1 is 1.00 bits per heavy atom. The Morgan fingerprint density at radius 3 is 2.39 bits per heavy atom. The van der Waals surface area contributed by atoms with Crippen LogP contribution in [0.1, 0.15) is 15.9 Å². The minimum atomic E-state index is -0.324. The van der Waals surface area contributed by atoms with Crippen LogP contribution < -0.4 is 10.6 Å². The first-order valence-corrected chi connectivity index (χ1v) is 7.71. The van der Waals surface area contributed by atoms with E-state index in [0.29, 0.717) is 23.7 Å². The Bertz CT molecular complexity index is 690. The number of benzene rings is 1. The summed E-state index contributed by atoms with van der Waals surface area (Å²) in [4.78, 5) is 27.5. The van der Waals surface area contributed by atoms with Gasteiger partial charge in [-0.3, -0.25) is 9.59 Å². The highest BCUT2D eigenvalue weighted by atomic mass is 35.5. The third kappa shape index (κ3) is 5.54. The minimum absolute atomic E-state index is 0.124. The molecule has 2 aromatic rings. The zero-order valence-corrected chi connectivity index (χ0v) is 13.7. The standard InChI is InChI=1S/C16H15Cl2N3O2/c17-12-5-3-11(4-6-12)10-14(22)19-8-9-21-16(23)13-2-1-7-20-15(13)18/h1-7H,8-10H2,(H,19,22)(H,21,23). The van der Waals surface area contributed by atoms with Crippen molar-refractivity contribution in [1.82, 2.24) is 15.6 Å². The van der Waals surface area contributed by atoms with E-state index in [0.717, 1.165) is 5.56 Å². The van der Waals surface area contributed by atoms with Crippen LogP contribution in [0.4, 0.5) is 0 Å². The fraction of sp³-hybridized carbons (Fsp3) is 0.188. The zero-order valence-electron chi connectivity index (χ0n) is 12.2. The summed E-state index contributed by atoms with van der Waals surface area (Å²) < 4.78 is 0. The largest absolute Gasteiger partial charge is 0.354 e. The molecule has 0 saturated heterocycles. The number of hydrogen-bond donors (Lipinski definition) is 2. The molecule has 1 aromatic heterocycles. The Hall–Kier alpha value is -2.11. The van der Waals surface area contributed by atoms with Gasteiger partial charge in [-0.15, -0.1) is 0 Å². The molecule has 0 radical (unpaired) electrons. The molecule has 23 heavy (non-hydrogen) atoms. The van der Waals surface area contributed by atoms with Gasteiger partial charge in [0.2, 0.25) is 5.91 Å². The molecule has 120 valence electrons. The first-order chi connectivity index (χ1) is 11.1. The van der Waals surface area contributed by atoms with E-state index >= 15 is 0 Å². The second kappa shape index (κ2) is 8.50. The van der Waals surface area contributed by atoms with Crippen LogP contribution in [0.2, 0.25) is 10.2 Å². The molecule has 0 spiro atoms. The van der Waals surface area contributed by atoms with E-state index in [1.54, 1.807) is 36.4 Å². The summed E-state index contributed by atoms with van der Waals surface area (Å²) in [6.45, 7) is 0.631. The van der Waals surface area contributed by atoms with E-state index in [1.807, 2.05) is 0 Å². The number of aromatic nitrogens is 1. The Morgan fingerprint density at radius 2 is 1.70 bits per heavy atom. The topological polar surface area (TPSA) is 71.1 Å². The summed E-state index contributed by atoms with van der Waals surface area (Å²) in [6.07, 6.45) is 1.77. The van der Waals surface area contributed by atoms with Crippen molar-refractivity contribution in [2.24, 2.45) is 0 Å². The lowest BCUT2D eigenvalue weighted by atomic mass is 10.1. The van der Waals surface area contributed by atoms with E-state index in [2.05, 4.69) is 15.6 Å². The van der Waals surface area contributed by atoms with Crippen LogP contribution in [0.25, 0.3) is 0 Å². The lowest BCUT2D eigenvalue weighted by Gasteiger charge is -2.08. The quantitative estimate of drug-likeness (QED) is 0.620. The lowest BCUT2D eigenvalue weighted by molar-refractivity contribution is -0.120. The summed E-state index contributed by atoms with van der Waals surface area (Å²) in [5.74, 6) is -0.448. The molecule has 2 amide bonds. The molecule has 0 atom stereocenters. The number of nitrogens with one attached hydrogen (secondary N) is 2. The Kier molecular flexibility index (Phi) is 6.38. The molecule has 2 rings (SSSR count). The van der Waals surface area contributed by atoms with Crippen LogP contribution in [-0.4, -0.2) is 29.9 Å². The highest BCUT2D eigenvalue weighted by molar-refractivity contribution is 6.32. The average molecular weight is 352 g/mol. The third-order valence-corrected chi connectivity index (χ3v) is 3.57. The third-order valence-electron chi connectivity index (χ3n) is 3.01. The maximum Gasteiger partial charge on any atom is 0.254 e. The van der Waals surface area contributed by atoms with Gasteiger partial charge < -0.3 is 10.6 Å². The van der Waals surface area contributed by atoms with E-state index in [1.165, 1.54) is 6.20 Å². The molecule has 0 saturated carbocycles. The molecule has 7 heteroatoms. The molecule has 2 N–H and O–H groups in total. The predicted octanol–water partition coefficient (Wildman–Crippen LogP) is 2.48. The molecule has 0 bridgehead atoms. The first-order valence-electron chi connectivity index (χ1n) is 6.96. The fourth-order valence-corrected chi connectivity index (χ4v) is 2.21. The molecule has 1 heterocycles. The smallest absolute Gasteiger partial charge is 0.254 e. The van der Waals surface area contributed by atoms with Gasteiger partial charge in [0, 0.05) is 24.3 Å². The minimum Gasteiger partial charge on any atom is -0.354 e. The summed E-state index contributed by atoms with van der Waals surface area (Å²) >= 11 is 11.6. The van der Waals surface area contributed by atoms with Gasteiger partial charge in [0.25, 0.3) is 5.91 Å². The number of carbonyl (C=O) groups excluding carboxylic acids is 2. The van der Waals surface area contributed by atoms with Crippen molar-refractivity contribution in [3.05, 3.63) is 63.9 Å². The van der Waals surface area contributed by atoms with Crippen LogP contribution in [0.3, 0.4) is 0 Å². The fourth-order valence-electron chi connectivity index (χ4n) is 1.88. The SMILES string of the molecule is O=C(Cc1ccc(Cl)cc1)NCCNC(=O)c1cccnc1Cl. The number of amides is 2. The Labute approximate surface area is 144 Å². The summed E-state index contributed by atoms with van der Waals surface area (Å²) in [5.41, 5.74) is 1.18. The van der Waals surface area contributed by atoms with Gasteiger partial charge in [0.05, 0.1) is 12.0 Å². The maximum atomic E-state index is 11.9. The zero-order chi connectivity index (χ0) is 16.7. The van der Waals surface area contributed by atoms with E-state index < -0.39 is 0 Å². The van der Waals surface area contributed by atoms with Crippen molar-refractivity contribution in [1.29, 1.82) is 0 Å². The van der Waals surface area contributed by atoms with Crippen LogP contribution in [0, 0.1) is 0 Å². The van der Waals surface area contributed by atoms with Crippen molar-refractivity contribution in [2.75, 3.05) is 13.1 Å². The van der Waals surface area contributed by atoms with Crippen molar-refractivity contribution in [3.8, 4) is 0 Å². The first kappa shape index (κ1) is 17.2. The van der Waals surface area contributed by atoms with E-state index in [9.17, 15) is 9.59 Å². The molecular formula is C16H15Cl2N3O2.